The van der Waals surface area contributed by atoms with E-state index in [0.29, 0.717) is 19.3 Å². The Morgan fingerprint density at radius 2 is 0.918 bits per heavy atom. The maximum absolute atomic E-state index is 12.7. The van der Waals surface area contributed by atoms with Crippen molar-refractivity contribution in [1.29, 1.82) is 0 Å². The summed E-state index contributed by atoms with van der Waals surface area (Å²) in [5.74, 6) is -1.20. The summed E-state index contributed by atoms with van der Waals surface area (Å²) < 4.78 is 33.1. The summed E-state index contributed by atoms with van der Waals surface area (Å²) >= 11 is 0. The summed E-state index contributed by atoms with van der Waals surface area (Å²) in [6, 6.07) is 0. The summed E-state index contributed by atoms with van der Waals surface area (Å²) in [7, 11) is -5.38. The summed E-state index contributed by atoms with van der Waals surface area (Å²) in [5.41, 5.74) is 0. The minimum atomic E-state index is -5.38. The lowest BCUT2D eigenvalue weighted by Crippen LogP contribution is -2.64. The summed E-state index contributed by atoms with van der Waals surface area (Å²) in [6.45, 7) is 3.14. The van der Waals surface area contributed by atoms with Crippen molar-refractivity contribution < 1.29 is 63.1 Å². The van der Waals surface area contributed by atoms with E-state index in [1.54, 1.807) is 0 Å². The van der Waals surface area contributed by atoms with Gasteiger partial charge in [0, 0.05) is 12.8 Å². The van der Waals surface area contributed by atoms with Gasteiger partial charge in [-0.1, -0.05) is 165 Å². The number of allylic oxidation sites excluding steroid dienone is 8. The number of aliphatic hydroxyl groups is 5. The van der Waals surface area contributed by atoms with Gasteiger partial charge in [-0.2, -0.15) is 0 Å². The molecule has 1 aliphatic carbocycles. The first-order valence-electron chi connectivity index (χ1n) is 23.4. The summed E-state index contributed by atoms with van der Waals surface area (Å²) in [6.07, 6.45) is 29.8. The molecular formula is C47H82O13P-. The van der Waals surface area contributed by atoms with Crippen LogP contribution in [0.3, 0.4) is 0 Å². The zero-order valence-electron chi connectivity index (χ0n) is 37.4. The molecule has 1 saturated carbocycles. The Balaban J connectivity index is 2.50. The topological polar surface area (TPSA) is 212 Å². The van der Waals surface area contributed by atoms with Crippen LogP contribution >= 0.6 is 7.82 Å². The molecule has 1 fully saturated rings. The van der Waals surface area contributed by atoms with Gasteiger partial charge in [0.25, 0.3) is 7.82 Å². The molecule has 1 aliphatic rings. The lowest BCUT2D eigenvalue weighted by Gasteiger charge is -2.43. The molecule has 0 bridgehead atoms. The van der Waals surface area contributed by atoms with E-state index in [9.17, 15) is 44.6 Å². The van der Waals surface area contributed by atoms with Gasteiger partial charge in [0.1, 0.15) is 43.2 Å². The Hall–Kier alpha value is -2.19. The van der Waals surface area contributed by atoms with Crippen molar-refractivity contribution >= 4 is 19.8 Å². The largest absolute Gasteiger partial charge is 0.756 e. The number of rotatable bonds is 38. The molecule has 0 spiro atoms. The molecule has 3 unspecified atom stereocenters. The summed E-state index contributed by atoms with van der Waals surface area (Å²) in [4.78, 5) is 38.0. The van der Waals surface area contributed by atoms with Crippen molar-refractivity contribution in [2.75, 3.05) is 13.2 Å². The van der Waals surface area contributed by atoms with E-state index < -0.39 is 75.7 Å². The third-order valence-electron chi connectivity index (χ3n) is 10.7. The molecule has 354 valence electrons. The number of carbonyl (C=O) groups is 2. The molecule has 0 aliphatic heterocycles. The van der Waals surface area contributed by atoms with Crippen molar-refractivity contribution in [3.63, 3.8) is 0 Å². The number of unbranched alkanes of at least 4 members (excludes halogenated alkanes) is 18. The summed E-state index contributed by atoms with van der Waals surface area (Å²) in [5, 5.41) is 50.0. The first kappa shape index (κ1) is 56.8. The van der Waals surface area contributed by atoms with Crippen LogP contribution in [0.2, 0.25) is 0 Å². The van der Waals surface area contributed by atoms with Gasteiger partial charge < -0.3 is 48.9 Å². The maximum Gasteiger partial charge on any atom is 0.306 e. The first-order valence-corrected chi connectivity index (χ1v) is 24.9. The Kier molecular flexibility index (Phi) is 34.7. The van der Waals surface area contributed by atoms with Crippen LogP contribution in [-0.2, 0) is 32.7 Å². The molecule has 14 heteroatoms. The smallest absolute Gasteiger partial charge is 0.306 e. The molecule has 61 heavy (non-hydrogen) atoms. The number of ether oxygens (including phenoxy) is 2. The Labute approximate surface area is 367 Å². The Morgan fingerprint density at radius 1 is 0.525 bits per heavy atom. The highest BCUT2D eigenvalue weighted by molar-refractivity contribution is 7.45. The minimum absolute atomic E-state index is 0.00565. The van der Waals surface area contributed by atoms with Crippen LogP contribution in [0, 0.1) is 0 Å². The van der Waals surface area contributed by atoms with Crippen LogP contribution in [0.15, 0.2) is 48.6 Å². The molecule has 0 amide bonds. The van der Waals surface area contributed by atoms with Gasteiger partial charge in [0.15, 0.2) is 6.10 Å². The van der Waals surface area contributed by atoms with Gasteiger partial charge in [0.2, 0.25) is 0 Å². The number of hydrogen-bond acceptors (Lipinski definition) is 13. The third-order valence-corrected chi connectivity index (χ3v) is 11.6. The SMILES string of the molecule is CCCCC/C=C\C/C=C\C/C=C\C/C=C\CCCC(=O)O[C@H](COC(=O)CCCCCCCCCCCCCCCCC)COP(=O)([O-])OC1[C@@H](O)[C@@H](O)C(O)[C@H](O)[C@H]1O. The van der Waals surface area contributed by atoms with Gasteiger partial charge in [-0.3, -0.25) is 14.2 Å². The molecule has 5 N–H and O–H groups in total. The Bertz CT molecular complexity index is 1250. The molecule has 0 radical (unpaired) electrons. The molecule has 0 aromatic rings. The fraction of sp³-hybridized carbons (Fsp3) is 0.787. The van der Waals surface area contributed by atoms with Crippen LogP contribution in [-0.4, -0.2) is 93.4 Å². The standard InChI is InChI=1S/C47H83O13P/c1-3-5-7-9-11-13-15-17-19-20-22-24-26-28-30-32-34-36-41(49)59-39(38-58-61(55,56)60-47-45(53)43(51)42(50)44(52)46(47)54)37-57-40(48)35-33-31-29-27-25-23-21-18-16-14-12-10-8-6-4-2/h11,13,17,19,22,24,28,30,39,42-47,50-54H,3-10,12,14-16,18,20-21,23,25-27,29,31-38H2,1-2H3,(H,55,56)/p-1/b13-11-,19-17-,24-22-,30-28-/t39-,42?,43+,44+,45-,46+,47?/m1/s1. The van der Waals surface area contributed by atoms with Crippen molar-refractivity contribution in [1.82, 2.24) is 0 Å². The van der Waals surface area contributed by atoms with E-state index in [0.717, 1.165) is 44.9 Å². The van der Waals surface area contributed by atoms with E-state index in [4.69, 9.17) is 18.5 Å². The molecular weight excluding hydrogens is 803 g/mol. The van der Waals surface area contributed by atoms with Crippen LogP contribution in [0.1, 0.15) is 181 Å². The third kappa shape index (κ3) is 29.7. The molecule has 0 aromatic heterocycles. The van der Waals surface area contributed by atoms with Crippen molar-refractivity contribution in [2.45, 2.75) is 224 Å². The van der Waals surface area contributed by atoms with E-state index in [1.807, 2.05) is 12.2 Å². The monoisotopic (exact) mass is 886 g/mol. The van der Waals surface area contributed by atoms with Gasteiger partial charge in [0.05, 0.1) is 6.61 Å². The quantitative estimate of drug-likeness (QED) is 0.0170. The van der Waals surface area contributed by atoms with Crippen LogP contribution in [0.5, 0.6) is 0 Å². The van der Waals surface area contributed by atoms with E-state index >= 15 is 0 Å². The molecule has 1 rings (SSSR count). The van der Waals surface area contributed by atoms with E-state index in [1.165, 1.54) is 89.9 Å². The molecule has 8 atom stereocenters. The zero-order chi connectivity index (χ0) is 45.0. The van der Waals surface area contributed by atoms with Crippen LogP contribution < -0.4 is 4.89 Å². The number of esters is 2. The second-order valence-corrected chi connectivity index (χ2v) is 17.6. The van der Waals surface area contributed by atoms with Crippen molar-refractivity contribution in [3.05, 3.63) is 48.6 Å². The van der Waals surface area contributed by atoms with Crippen molar-refractivity contribution in [2.24, 2.45) is 0 Å². The highest BCUT2D eigenvalue weighted by Crippen LogP contribution is 2.43. The molecule has 0 saturated heterocycles. The predicted molar refractivity (Wildman–Crippen MR) is 237 cm³/mol. The molecule has 0 heterocycles. The minimum Gasteiger partial charge on any atom is -0.756 e. The van der Waals surface area contributed by atoms with Crippen LogP contribution in [0.4, 0.5) is 0 Å². The number of carbonyl (C=O) groups excluding carboxylic acids is 2. The maximum atomic E-state index is 12.7. The Morgan fingerprint density at radius 3 is 1.41 bits per heavy atom. The normalized spacial score (nSPS) is 22.4. The van der Waals surface area contributed by atoms with Gasteiger partial charge in [-0.25, -0.2) is 0 Å². The lowest BCUT2D eigenvalue weighted by atomic mass is 9.85. The van der Waals surface area contributed by atoms with Gasteiger partial charge in [-0.15, -0.1) is 0 Å². The molecule has 0 aromatic carbocycles. The van der Waals surface area contributed by atoms with E-state index in [2.05, 4.69) is 50.3 Å². The lowest BCUT2D eigenvalue weighted by molar-refractivity contribution is -0.261. The predicted octanol–water partition coefficient (Wildman–Crippen LogP) is 8.54. The van der Waals surface area contributed by atoms with Gasteiger partial charge >= 0.3 is 11.9 Å². The fourth-order valence-corrected chi connectivity index (χ4v) is 7.82. The highest BCUT2D eigenvalue weighted by Gasteiger charge is 2.50. The second kappa shape index (κ2) is 37.2. The average molecular weight is 886 g/mol. The average Bonchev–Trinajstić information content (AvgIpc) is 3.24. The first-order chi connectivity index (χ1) is 29.4. The van der Waals surface area contributed by atoms with Gasteiger partial charge in [-0.05, 0) is 51.4 Å². The van der Waals surface area contributed by atoms with Crippen LogP contribution in [0.25, 0.3) is 0 Å². The number of aliphatic hydroxyl groups excluding tert-OH is 5. The number of phosphoric ester groups is 1. The second-order valence-electron chi connectivity index (χ2n) is 16.2. The highest BCUT2D eigenvalue weighted by atomic mass is 31.2. The van der Waals surface area contributed by atoms with E-state index in [-0.39, 0.29) is 12.8 Å². The number of hydrogen-bond donors (Lipinski definition) is 5. The zero-order valence-corrected chi connectivity index (χ0v) is 38.3. The number of phosphoric acid groups is 1. The van der Waals surface area contributed by atoms with Crippen molar-refractivity contribution in [3.8, 4) is 0 Å². The fourth-order valence-electron chi connectivity index (χ4n) is 6.86. The molecule has 13 nitrogen and oxygen atoms in total.